The van der Waals surface area contributed by atoms with Crippen molar-refractivity contribution in [1.82, 2.24) is 9.88 Å². The molecule has 1 saturated carbocycles. The van der Waals surface area contributed by atoms with Crippen LogP contribution < -0.4 is 10.5 Å². The van der Waals surface area contributed by atoms with Gasteiger partial charge in [-0.15, -0.1) is 0 Å². The van der Waals surface area contributed by atoms with E-state index in [0.717, 1.165) is 42.7 Å². The first-order chi connectivity index (χ1) is 15.5. The van der Waals surface area contributed by atoms with E-state index in [4.69, 9.17) is 15.5 Å². The summed E-state index contributed by atoms with van der Waals surface area (Å²) in [5, 5.41) is 0. The molecule has 0 radical (unpaired) electrons. The van der Waals surface area contributed by atoms with E-state index in [1.54, 1.807) is 17.9 Å². The number of carbonyl (C=O) groups is 2. The van der Waals surface area contributed by atoms with Gasteiger partial charge in [0.05, 0.1) is 17.4 Å². The average Bonchev–Trinajstić information content (AvgIpc) is 3.32. The summed E-state index contributed by atoms with van der Waals surface area (Å²) in [6.45, 7) is 2.98. The lowest BCUT2D eigenvalue weighted by atomic mass is 9.91. The van der Waals surface area contributed by atoms with E-state index in [1.807, 2.05) is 30.3 Å². The van der Waals surface area contributed by atoms with Gasteiger partial charge in [0.1, 0.15) is 5.75 Å². The van der Waals surface area contributed by atoms with Crippen LogP contribution in [-0.2, 0) is 4.79 Å². The fourth-order valence-corrected chi connectivity index (χ4v) is 4.57. The van der Waals surface area contributed by atoms with Crippen molar-refractivity contribution in [3.05, 3.63) is 47.7 Å². The number of nitrogens with two attached hydrogens (primary N) is 1. The highest BCUT2D eigenvalue weighted by atomic mass is 16.5. The molecule has 2 fully saturated rings. The van der Waals surface area contributed by atoms with E-state index >= 15 is 0 Å². The van der Waals surface area contributed by atoms with Crippen molar-refractivity contribution in [3.63, 3.8) is 0 Å². The smallest absolute Gasteiger partial charge is 0.298 e. The van der Waals surface area contributed by atoms with Gasteiger partial charge in [-0.05, 0) is 87.8 Å². The Bertz CT molecular complexity index is 1040. The second-order valence-electron chi connectivity index (χ2n) is 8.49. The van der Waals surface area contributed by atoms with Crippen LogP contribution in [0, 0.1) is 11.8 Å². The van der Waals surface area contributed by atoms with Crippen LogP contribution in [0.15, 0.2) is 36.4 Å². The lowest BCUT2D eigenvalue weighted by Crippen LogP contribution is -2.37. The number of ether oxygens (including phenoxy) is 1. The number of rotatable bonds is 5. The van der Waals surface area contributed by atoms with Crippen LogP contribution in [0.5, 0.6) is 5.75 Å². The third-order valence-electron chi connectivity index (χ3n) is 6.35. The van der Waals surface area contributed by atoms with E-state index < -0.39 is 5.91 Å². The third-order valence-corrected chi connectivity index (χ3v) is 6.35. The Balaban J connectivity index is 1.53. The molecule has 2 aliphatic rings. The van der Waals surface area contributed by atoms with Gasteiger partial charge in [0, 0.05) is 30.3 Å². The molecule has 166 valence electrons. The number of piperidine rings is 1. The van der Waals surface area contributed by atoms with Gasteiger partial charge in [-0.3, -0.25) is 14.6 Å². The van der Waals surface area contributed by atoms with Crippen LogP contribution in [0.4, 0.5) is 0 Å². The number of likely N-dealkylation sites (tertiary alicyclic amines) is 1. The molecule has 6 heteroatoms. The molecule has 2 amide bonds. The molecular weight excluding hydrogens is 402 g/mol. The van der Waals surface area contributed by atoms with Gasteiger partial charge in [0.2, 0.25) is 0 Å². The van der Waals surface area contributed by atoms with Crippen molar-refractivity contribution < 1.29 is 14.3 Å². The molecule has 4 rings (SSSR count). The first kappa shape index (κ1) is 21.9. The first-order valence-corrected chi connectivity index (χ1v) is 11.3. The van der Waals surface area contributed by atoms with Crippen LogP contribution >= 0.6 is 0 Å². The van der Waals surface area contributed by atoms with Crippen molar-refractivity contribution in [2.45, 2.75) is 57.5 Å². The predicted octanol–water partition coefficient (Wildman–Crippen LogP) is 3.90. The maximum Gasteiger partial charge on any atom is 0.298 e. The van der Waals surface area contributed by atoms with Crippen molar-refractivity contribution in [2.24, 2.45) is 5.73 Å². The Morgan fingerprint density at radius 3 is 2.34 bits per heavy atom. The van der Waals surface area contributed by atoms with Crippen molar-refractivity contribution >= 4 is 11.8 Å². The number of benzene rings is 1. The second kappa shape index (κ2) is 9.86. The highest BCUT2D eigenvalue weighted by Crippen LogP contribution is 2.31. The number of amides is 2. The molecule has 6 nitrogen and oxygen atoms in total. The molecule has 2 heterocycles. The summed E-state index contributed by atoms with van der Waals surface area (Å²) < 4.78 is 6.06. The highest BCUT2D eigenvalue weighted by Gasteiger charge is 2.25. The zero-order valence-corrected chi connectivity index (χ0v) is 18.5. The molecule has 0 atom stereocenters. The average molecular weight is 432 g/mol. The fourth-order valence-electron chi connectivity index (χ4n) is 4.57. The quantitative estimate of drug-likeness (QED) is 0.728. The van der Waals surface area contributed by atoms with Gasteiger partial charge in [-0.2, -0.15) is 0 Å². The Morgan fingerprint density at radius 2 is 1.72 bits per heavy atom. The van der Waals surface area contributed by atoms with Crippen LogP contribution in [-0.4, -0.2) is 40.9 Å². The van der Waals surface area contributed by atoms with Gasteiger partial charge >= 0.3 is 0 Å². The molecule has 32 heavy (non-hydrogen) atoms. The van der Waals surface area contributed by atoms with Crippen molar-refractivity contribution in [1.29, 1.82) is 0 Å². The van der Waals surface area contributed by atoms with Crippen LogP contribution in [0.1, 0.15) is 67.4 Å². The summed E-state index contributed by atoms with van der Waals surface area (Å²) in [6, 6.07) is 11.4. The van der Waals surface area contributed by atoms with E-state index in [0.29, 0.717) is 30.5 Å². The Morgan fingerprint density at radius 1 is 1.03 bits per heavy atom. The van der Waals surface area contributed by atoms with Crippen molar-refractivity contribution in [3.8, 4) is 28.8 Å². The van der Waals surface area contributed by atoms with Gasteiger partial charge in [-0.1, -0.05) is 5.92 Å². The van der Waals surface area contributed by atoms with E-state index in [-0.39, 0.29) is 11.8 Å². The summed E-state index contributed by atoms with van der Waals surface area (Å²) in [5.41, 5.74) is 8.40. The zero-order chi connectivity index (χ0) is 22.5. The summed E-state index contributed by atoms with van der Waals surface area (Å²) in [5.74, 6) is 5.72. The van der Waals surface area contributed by atoms with E-state index in [2.05, 4.69) is 11.8 Å². The van der Waals surface area contributed by atoms with Gasteiger partial charge in [0.15, 0.2) is 0 Å². The number of hydrogen-bond donors (Lipinski definition) is 1. The summed E-state index contributed by atoms with van der Waals surface area (Å²) in [4.78, 5) is 30.7. The number of hydrogen-bond acceptors (Lipinski definition) is 4. The molecule has 0 unspecified atom stereocenters. The molecular formula is C26H29N3O3. The van der Waals surface area contributed by atoms with Crippen LogP contribution in [0.3, 0.4) is 0 Å². The normalized spacial score (nSPS) is 17.0. The number of primary amides is 1. The van der Waals surface area contributed by atoms with Crippen LogP contribution in [0.2, 0.25) is 0 Å². The lowest BCUT2D eigenvalue weighted by Gasteiger charge is -2.30. The minimum atomic E-state index is -0.496. The zero-order valence-electron chi connectivity index (χ0n) is 18.5. The molecule has 1 saturated heterocycles. The van der Waals surface area contributed by atoms with E-state index in [1.165, 1.54) is 12.8 Å². The first-order valence-electron chi connectivity index (χ1n) is 11.3. The maximum absolute atomic E-state index is 12.1. The molecule has 2 aromatic rings. The van der Waals surface area contributed by atoms with E-state index in [9.17, 15) is 9.59 Å². The molecule has 0 bridgehead atoms. The third kappa shape index (κ3) is 4.94. The molecule has 1 aromatic carbocycles. The summed E-state index contributed by atoms with van der Waals surface area (Å²) >= 11 is 0. The molecule has 1 aromatic heterocycles. The maximum atomic E-state index is 12.1. The topological polar surface area (TPSA) is 85.5 Å². The minimum absolute atomic E-state index is 0.122. The Labute approximate surface area is 189 Å². The van der Waals surface area contributed by atoms with Crippen molar-refractivity contribution in [2.75, 3.05) is 13.1 Å². The van der Waals surface area contributed by atoms with Crippen LogP contribution in [0.25, 0.3) is 11.3 Å². The van der Waals surface area contributed by atoms with Gasteiger partial charge in [-0.25, -0.2) is 0 Å². The summed E-state index contributed by atoms with van der Waals surface area (Å²) in [6.07, 6.45) is 6.58. The molecule has 1 aliphatic heterocycles. The molecule has 2 N–H and O–H groups in total. The van der Waals surface area contributed by atoms with Gasteiger partial charge < -0.3 is 15.4 Å². The number of aromatic nitrogens is 1. The highest BCUT2D eigenvalue weighted by molar-refractivity contribution is 5.98. The standard InChI is InChI=1S/C26H29N3O3/c1-2-5-24(30)29-16-14-18(15-17-29)23-13-12-22(26(27)31)25(28-23)19-8-10-21(11-9-19)32-20-6-3-4-7-20/h8-13,18,20H,3-4,6-7,14-17H2,1H3,(H2,27,31). The minimum Gasteiger partial charge on any atom is -0.490 e. The lowest BCUT2D eigenvalue weighted by molar-refractivity contribution is -0.126. The Kier molecular flexibility index (Phi) is 6.75. The number of pyridine rings is 1. The number of nitrogens with zero attached hydrogens (tertiary/aromatic N) is 2. The SMILES string of the molecule is CC#CC(=O)N1CCC(c2ccc(C(N)=O)c(-c3ccc(OC4CCCC4)cc3)n2)CC1. The number of carbonyl (C=O) groups excluding carboxylic acids is 2. The molecule has 0 spiro atoms. The largest absolute Gasteiger partial charge is 0.490 e. The predicted molar refractivity (Wildman–Crippen MR) is 123 cm³/mol. The molecule has 1 aliphatic carbocycles. The summed E-state index contributed by atoms with van der Waals surface area (Å²) in [7, 11) is 0. The fraction of sp³-hybridized carbons (Fsp3) is 0.423. The second-order valence-corrected chi connectivity index (χ2v) is 8.49. The monoisotopic (exact) mass is 431 g/mol. The Hall–Kier alpha value is -3.33. The van der Waals surface area contributed by atoms with Gasteiger partial charge in [0.25, 0.3) is 11.8 Å².